The minimum Gasteiger partial charge on any atom is -0.368 e. The van der Waals surface area contributed by atoms with Crippen LogP contribution in [-0.4, -0.2) is 67.2 Å². The van der Waals surface area contributed by atoms with Crippen LogP contribution in [0.1, 0.15) is 36.8 Å². The summed E-state index contributed by atoms with van der Waals surface area (Å²) >= 11 is 0. The number of ether oxygens (including phenoxy) is 1. The number of carbonyl (C=O) groups excluding carboxylic acids is 1. The molecule has 26 heavy (non-hydrogen) atoms. The largest absolute Gasteiger partial charge is 0.368 e. The molecule has 1 amide bonds. The van der Waals surface area contributed by atoms with Crippen LogP contribution < -0.4 is 5.32 Å². The van der Waals surface area contributed by atoms with Gasteiger partial charge in [0.15, 0.2) is 0 Å². The maximum atomic E-state index is 12.4. The van der Waals surface area contributed by atoms with Crippen LogP contribution in [0.25, 0.3) is 0 Å². The molecule has 1 atom stereocenters. The number of carbonyl (C=O) groups is 1. The minimum absolute atomic E-state index is 0.165. The molecule has 5 nitrogen and oxygen atoms in total. The molecule has 0 aromatic heterocycles. The summed E-state index contributed by atoms with van der Waals surface area (Å²) in [6, 6.07) is 9.35. The van der Waals surface area contributed by atoms with Gasteiger partial charge in [0.1, 0.15) is 6.10 Å². The third-order valence-corrected chi connectivity index (χ3v) is 6.08. The summed E-state index contributed by atoms with van der Waals surface area (Å²) in [5.74, 6) is 0.216. The second-order valence-electron chi connectivity index (χ2n) is 7.85. The van der Waals surface area contributed by atoms with E-state index in [1.165, 1.54) is 17.5 Å². The summed E-state index contributed by atoms with van der Waals surface area (Å²) in [5, 5.41) is 3.71. The molecule has 0 bridgehead atoms. The van der Waals surface area contributed by atoms with Gasteiger partial charge in [0.2, 0.25) is 0 Å². The molecule has 5 heteroatoms. The molecule has 0 saturated carbocycles. The quantitative estimate of drug-likeness (QED) is 0.873. The number of hydrogen-bond acceptors (Lipinski definition) is 4. The summed E-state index contributed by atoms with van der Waals surface area (Å²) in [6.45, 7) is 6.85. The third kappa shape index (κ3) is 4.27. The number of piperidine rings is 1. The van der Waals surface area contributed by atoms with Crippen molar-refractivity contribution in [3.63, 3.8) is 0 Å². The molecule has 2 fully saturated rings. The molecule has 1 aromatic carbocycles. The average molecular weight is 357 g/mol. The van der Waals surface area contributed by atoms with E-state index in [9.17, 15) is 4.79 Å². The van der Waals surface area contributed by atoms with E-state index in [-0.39, 0.29) is 12.0 Å². The minimum atomic E-state index is -0.165. The molecule has 0 spiro atoms. The van der Waals surface area contributed by atoms with Gasteiger partial charge in [-0.15, -0.1) is 0 Å². The molecule has 2 saturated heterocycles. The Kier molecular flexibility index (Phi) is 5.88. The number of fused-ring (bicyclic) bond motifs is 1. The molecule has 3 aliphatic heterocycles. The molecule has 0 aliphatic carbocycles. The van der Waals surface area contributed by atoms with Crippen LogP contribution in [0.15, 0.2) is 24.3 Å². The molecule has 4 rings (SSSR count). The zero-order valence-corrected chi connectivity index (χ0v) is 15.7. The molecule has 3 aliphatic rings. The summed E-state index contributed by atoms with van der Waals surface area (Å²) in [6.07, 6.45) is 5.04. The number of rotatable bonds is 5. The van der Waals surface area contributed by atoms with Crippen molar-refractivity contribution in [1.29, 1.82) is 0 Å². The van der Waals surface area contributed by atoms with E-state index in [0.717, 1.165) is 71.6 Å². The maximum Gasteiger partial charge on any atom is 0.251 e. The molecule has 0 radical (unpaired) electrons. The molecular formula is C21H31N3O2. The molecule has 1 N–H and O–H groups in total. The van der Waals surface area contributed by atoms with Gasteiger partial charge in [0, 0.05) is 51.9 Å². The van der Waals surface area contributed by atoms with Gasteiger partial charge in [-0.1, -0.05) is 24.3 Å². The summed E-state index contributed by atoms with van der Waals surface area (Å²) in [7, 11) is 0. The molecular weight excluding hydrogens is 326 g/mol. The fourth-order valence-corrected chi connectivity index (χ4v) is 4.45. The van der Waals surface area contributed by atoms with Crippen molar-refractivity contribution in [2.45, 2.75) is 50.8 Å². The van der Waals surface area contributed by atoms with Crippen molar-refractivity contribution in [2.24, 2.45) is 0 Å². The Balaban J connectivity index is 1.15. The number of likely N-dealkylation sites (tertiary alicyclic amines) is 1. The molecule has 1 aromatic rings. The lowest BCUT2D eigenvalue weighted by Gasteiger charge is -2.34. The van der Waals surface area contributed by atoms with Crippen molar-refractivity contribution in [3.8, 4) is 0 Å². The SMILES string of the molecule is O=C(C1CCCO1)N1CCC(NCCN2CCc3ccccc3C2)CC1. The highest BCUT2D eigenvalue weighted by Gasteiger charge is 2.30. The predicted octanol–water partition coefficient (Wildman–Crippen LogP) is 1.80. The zero-order valence-electron chi connectivity index (χ0n) is 15.7. The standard InChI is InChI=1S/C21H31N3O2/c25-21(20-6-3-15-26-20)24-12-8-19(9-13-24)22-10-14-23-11-7-17-4-1-2-5-18(17)16-23/h1-2,4-5,19-20,22H,3,6-16H2. The average Bonchev–Trinajstić information content (AvgIpc) is 3.23. The Labute approximate surface area is 156 Å². The van der Waals surface area contributed by atoms with Crippen molar-refractivity contribution in [3.05, 3.63) is 35.4 Å². The van der Waals surface area contributed by atoms with Crippen molar-refractivity contribution in [2.75, 3.05) is 39.3 Å². The normalized spacial score (nSPS) is 24.6. The highest BCUT2D eigenvalue weighted by molar-refractivity contribution is 5.81. The van der Waals surface area contributed by atoms with E-state index in [2.05, 4.69) is 34.5 Å². The van der Waals surface area contributed by atoms with Gasteiger partial charge < -0.3 is 15.0 Å². The van der Waals surface area contributed by atoms with E-state index >= 15 is 0 Å². The first kappa shape index (κ1) is 18.0. The lowest BCUT2D eigenvalue weighted by molar-refractivity contribution is -0.142. The molecule has 142 valence electrons. The Hall–Kier alpha value is -1.43. The Morgan fingerprint density at radius 3 is 2.69 bits per heavy atom. The highest BCUT2D eigenvalue weighted by atomic mass is 16.5. The third-order valence-electron chi connectivity index (χ3n) is 6.08. The number of nitrogens with one attached hydrogen (secondary N) is 1. The Morgan fingerprint density at radius 2 is 1.92 bits per heavy atom. The van der Waals surface area contributed by atoms with E-state index in [0.29, 0.717) is 6.04 Å². The van der Waals surface area contributed by atoms with Crippen molar-refractivity contribution < 1.29 is 9.53 Å². The first-order valence-electron chi connectivity index (χ1n) is 10.2. The fourth-order valence-electron chi connectivity index (χ4n) is 4.45. The zero-order chi connectivity index (χ0) is 17.8. The summed E-state index contributed by atoms with van der Waals surface area (Å²) in [5.41, 5.74) is 3.00. The summed E-state index contributed by atoms with van der Waals surface area (Å²) < 4.78 is 5.54. The van der Waals surface area contributed by atoms with Gasteiger partial charge in [-0.25, -0.2) is 0 Å². The van der Waals surface area contributed by atoms with Gasteiger partial charge in [-0.2, -0.15) is 0 Å². The van der Waals surface area contributed by atoms with Gasteiger partial charge in [0.25, 0.3) is 5.91 Å². The molecule has 1 unspecified atom stereocenters. The topological polar surface area (TPSA) is 44.8 Å². The van der Waals surface area contributed by atoms with E-state index in [1.54, 1.807) is 0 Å². The second kappa shape index (κ2) is 8.51. The van der Waals surface area contributed by atoms with Crippen LogP contribution in [0, 0.1) is 0 Å². The van der Waals surface area contributed by atoms with Crippen molar-refractivity contribution in [1.82, 2.24) is 15.1 Å². The van der Waals surface area contributed by atoms with Crippen LogP contribution in [0.3, 0.4) is 0 Å². The summed E-state index contributed by atoms with van der Waals surface area (Å²) in [4.78, 5) is 17.0. The Morgan fingerprint density at radius 1 is 1.12 bits per heavy atom. The van der Waals surface area contributed by atoms with Crippen LogP contribution in [0.5, 0.6) is 0 Å². The number of benzene rings is 1. The van der Waals surface area contributed by atoms with Gasteiger partial charge in [-0.3, -0.25) is 9.69 Å². The maximum absolute atomic E-state index is 12.4. The molecule has 3 heterocycles. The lowest BCUT2D eigenvalue weighted by atomic mass is 10.00. The van der Waals surface area contributed by atoms with Gasteiger partial charge in [0.05, 0.1) is 0 Å². The monoisotopic (exact) mass is 357 g/mol. The lowest BCUT2D eigenvalue weighted by Crippen LogP contribution is -2.49. The van der Waals surface area contributed by atoms with Crippen LogP contribution in [0.2, 0.25) is 0 Å². The van der Waals surface area contributed by atoms with Crippen LogP contribution >= 0.6 is 0 Å². The number of hydrogen-bond donors (Lipinski definition) is 1. The van der Waals surface area contributed by atoms with Gasteiger partial charge in [-0.05, 0) is 43.2 Å². The second-order valence-corrected chi connectivity index (χ2v) is 7.85. The van der Waals surface area contributed by atoms with E-state index < -0.39 is 0 Å². The smallest absolute Gasteiger partial charge is 0.251 e. The fraction of sp³-hybridized carbons (Fsp3) is 0.667. The van der Waals surface area contributed by atoms with E-state index in [1.807, 2.05) is 4.90 Å². The van der Waals surface area contributed by atoms with Crippen LogP contribution in [-0.2, 0) is 22.5 Å². The van der Waals surface area contributed by atoms with Gasteiger partial charge >= 0.3 is 0 Å². The predicted molar refractivity (Wildman–Crippen MR) is 102 cm³/mol. The Bertz CT molecular complexity index is 607. The van der Waals surface area contributed by atoms with Crippen LogP contribution in [0.4, 0.5) is 0 Å². The number of amides is 1. The first-order valence-corrected chi connectivity index (χ1v) is 10.2. The van der Waals surface area contributed by atoms with Crippen molar-refractivity contribution >= 4 is 5.91 Å². The highest BCUT2D eigenvalue weighted by Crippen LogP contribution is 2.19. The number of nitrogens with zero attached hydrogens (tertiary/aromatic N) is 2. The van der Waals surface area contributed by atoms with E-state index in [4.69, 9.17) is 4.74 Å². The first-order chi connectivity index (χ1) is 12.8.